The third-order valence-electron chi connectivity index (χ3n) is 3.49. The smallest absolute Gasteiger partial charge is 0.285 e. The predicted molar refractivity (Wildman–Crippen MR) is 99.7 cm³/mol. The van der Waals surface area contributed by atoms with E-state index in [0.29, 0.717) is 16.0 Å². The average Bonchev–Trinajstić information content (AvgIpc) is 2.90. The number of rotatable bonds is 4. The lowest BCUT2D eigenvalue weighted by Crippen LogP contribution is -2.44. The number of nitrogens with one attached hydrogen (secondary N) is 1. The number of carboxylic acids is 1. The maximum Gasteiger partial charge on any atom is 0.285 e. The number of thioether (sulfide) groups is 1. The number of hydrogen-bond donors (Lipinski definition) is 1. The standard InChI is InChI=1S/C18H12N2O4S2/c21-15(12-4-2-1-3-5-12)19-20-16(22)14(26-18(20)25)10-11-6-8-13(9-7-11)17(23)24/h1-10H,(H,19,21)(H,23,24)/p-1/b14-10-. The number of carbonyl (C=O) groups is 3. The second-order valence-corrected chi connectivity index (χ2v) is 6.91. The highest BCUT2D eigenvalue weighted by atomic mass is 32.2. The maximum atomic E-state index is 12.5. The van der Waals surface area contributed by atoms with Crippen LogP contribution >= 0.6 is 24.0 Å². The van der Waals surface area contributed by atoms with Crippen molar-refractivity contribution in [2.75, 3.05) is 0 Å². The molecule has 1 N–H and O–H groups in total. The zero-order chi connectivity index (χ0) is 18.7. The predicted octanol–water partition coefficient (Wildman–Crippen LogP) is 1.60. The van der Waals surface area contributed by atoms with E-state index in [2.05, 4.69) is 5.43 Å². The van der Waals surface area contributed by atoms with Gasteiger partial charge in [0.2, 0.25) is 0 Å². The van der Waals surface area contributed by atoms with Gasteiger partial charge in [-0.2, -0.15) is 5.01 Å². The van der Waals surface area contributed by atoms with Crippen LogP contribution in [0, 0.1) is 0 Å². The average molecular weight is 383 g/mol. The van der Waals surface area contributed by atoms with Crippen molar-refractivity contribution >= 4 is 52.2 Å². The molecule has 2 amide bonds. The zero-order valence-electron chi connectivity index (χ0n) is 13.2. The summed E-state index contributed by atoms with van der Waals surface area (Å²) in [5, 5.41) is 11.8. The number of hydrazine groups is 1. The molecule has 1 fully saturated rings. The molecule has 0 unspecified atom stereocenters. The van der Waals surface area contributed by atoms with Crippen molar-refractivity contribution in [3.63, 3.8) is 0 Å². The quantitative estimate of drug-likeness (QED) is 0.637. The van der Waals surface area contributed by atoms with Gasteiger partial charge in [-0.15, -0.1) is 0 Å². The highest BCUT2D eigenvalue weighted by Gasteiger charge is 2.33. The Hall–Kier alpha value is -2.97. The monoisotopic (exact) mass is 383 g/mol. The fourth-order valence-electron chi connectivity index (χ4n) is 2.19. The Morgan fingerprint density at radius 3 is 2.31 bits per heavy atom. The van der Waals surface area contributed by atoms with Gasteiger partial charge in [-0.3, -0.25) is 15.0 Å². The molecule has 0 aromatic heterocycles. The van der Waals surface area contributed by atoms with Gasteiger partial charge < -0.3 is 9.90 Å². The van der Waals surface area contributed by atoms with E-state index in [1.807, 2.05) is 0 Å². The second kappa shape index (κ2) is 7.51. The normalized spacial score (nSPS) is 15.4. The summed E-state index contributed by atoms with van der Waals surface area (Å²) < 4.78 is 0.205. The number of carbonyl (C=O) groups excluding carboxylic acids is 3. The molecule has 3 rings (SSSR count). The van der Waals surface area contributed by atoms with E-state index in [4.69, 9.17) is 12.2 Å². The molecule has 1 aliphatic heterocycles. The van der Waals surface area contributed by atoms with E-state index in [-0.39, 0.29) is 9.88 Å². The summed E-state index contributed by atoms with van der Waals surface area (Å²) in [7, 11) is 0. The molecule has 0 spiro atoms. The molecule has 0 atom stereocenters. The Labute approximate surface area is 158 Å². The minimum Gasteiger partial charge on any atom is -0.545 e. The molecule has 2 aromatic rings. The summed E-state index contributed by atoms with van der Waals surface area (Å²) in [5.74, 6) is -2.17. The molecule has 0 bridgehead atoms. The minimum atomic E-state index is -1.27. The molecular weight excluding hydrogens is 372 g/mol. The van der Waals surface area contributed by atoms with Gasteiger partial charge in [-0.05, 0) is 41.6 Å². The van der Waals surface area contributed by atoms with Gasteiger partial charge in [0.05, 0.1) is 10.9 Å². The molecule has 1 aliphatic rings. The topological polar surface area (TPSA) is 89.5 Å². The summed E-state index contributed by atoms with van der Waals surface area (Å²) >= 11 is 6.21. The van der Waals surface area contributed by atoms with E-state index in [1.54, 1.807) is 48.5 Å². The van der Waals surface area contributed by atoms with Crippen LogP contribution in [-0.2, 0) is 4.79 Å². The molecular formula is C18H11N2O4S2-. The first-order chi connectivity index (χ1) is 12.5. The van der Waals surface area contributed by atoms with Crippen molar-refractivity contribution in [1.29, 1.82) is 0 Å². The minimum absolute atomic E-state index is 0.0461. The lowest BCUT2D eigenvalue weighted by Gasteiger charge is -2.15. The molecule has 0 saturated carbocycles. The summed E-state index contributed by atoms with van der Waals surface area (Å²) in [5.41, 5.74) is 3.57. The molecule has 130 valence electrons. The number of nitrogens with zero attached hydrogens (tertiary/aromatic N) is 1. The SMILES string of the molecule is O=C([O-])c1ccc(/C=C2\SC(=S)N(NC(=O)c3ccccc3)C2=O)cc1. The van der Waals surface area contributed by atoms with Crippen molar-refractivity contribution in [2.24, 2.45) is 0 Å². The fraction of sp³-hybridized carbons (Fsp3) is 0. The summed E-state index contributed by atoms with van der Waals surface area (Å²) in [6.45, 7) is 0. The molecule has 1 heterocycles. The summed E-state index contributed by atoms with van der Waals surface area (Å²) in [6.07, 6.45) is 1.58. The Kier molecular flexibility index (Phi) is 5.15. The lowest BCUT2D eigenvalue weighted by molar-refractivity contribution is -0.255. The fourth-order valence-corrected chi connectivity index (χ4v) is 3.37. The number of thiocarbonyl (C=S) groups is 1. The van der Waals surface area contributed by atoms with Crippen LogP contribution < -0.4 is 10.5 Å². The molecule has 2 aromatic carbocycles. The van der Waals surface area contributed by atoms with Gasteiger partial charge in [0, 0.05) is 5.56 Å². The highest BCUT2D eigenvalue weighted by molar-refractivity contribution is 8.26. The van der Waals surface area contributed by atoms with Crippen molar-refractivity contribution in [1.82, 2.24) is 10.4 Å². The van der Waals surface area contributed by atoms with Crippen LogP contribution in [0.5, 0.6) is 0 Å². The van der Waals surface area contributed by atoms with Gasteiger partial charge in [0.15, 0.2) is 4.32 Å². The number of carboxylic acid groups (broad SMARTS) is 1. The molecule has 26 heavy (non-hydrogen) atoms. The number of amides is 2. The van der Waals surface area contributed by atoms with Crippen molar-refractivity contribution in [3.05, 3.63) is 76.2 Å². The number of benzene rings is 2. The first-order valence-corrected chi connectivity index (χ1v) is 8.63. The third kappa shape index (κ3) is 3.81. The number of hydrogen-bond acceptors (Lipinski definition) is 6. The molecule has 6 nitrogen and oxygen atoms in total. The van der Waals surface area contributed by atoms with E-state index >= 15 is 0 Å². The van der Waals surface area contributed by atoms with Crippen LogP contribution in [0.1, 0.15) is 26.3 Å². The van der Waals surface area contributed by atoms with Crippen LogP contribution in [0.3, 0.4) is 0 Å². The zero-order valence-corrected chi connectivity index (χ0v) is 14.8. The summed E-state index contributed by atoms with van der Waals surface area (Å²) in [6, 6.07) is 14.4. The first kappa shape index (κ1) is 17.8. The van der Waals surface area contributed by atoms with E-state index in [0.717, 1.165) is 16.8 Å². The largest absolute Gasteiger partial charge is 0.545 e. The van der Waals surface area contributed by atoms with Crippen molar-refractivity contribution < 1.29 is 19.5 Å². The molecule has 0 radical (unpaired) electrons. The van der Waals surface area contributed by atoms with Crippen LogP contribution in [0.4, 0.5) is 0 Å². The van der Waals surface area contributed by atoms with E-state index in [1.165, 1.54) is 12.1 Å². The van der Waals surface area contributed by atoms with Crippen LogP contribution in [0.25, 0.3) is 6.08 Å². The first-order valence-electron chi connectivity index (χ1n) is 7.41. The van der Waals surface area contributed by atoms with E-state index in [9.17, 15) is 19.5 Å². The van der Waals surface area contributed by atoms with Gasteiger partial charge >= 0.3 is 0 Å². The van der Waals surface area contributed by atoms with Gasteiger partial charge in [-0.1, -0.05) is 54.2 Å². The van der Waals surface area contributed by atoms with Crippen molar-refractivity contribution in [3.8, 4) is 0 Å². The van der Waals surface area contributed by atoms with Gasteiger partial charge in [0.25, 0.3) is 11.8 Å². The third-order valence-corrected chi connectivity index (χ3v) is 4.79. The molecule has 1 saturated heterocycles. The van der Waals surface area contributed by atoms with E-state index < -0.39 is 17.8 Å². The van der Waals surface area contributed by atoms with Crippen LogP contribution in [0.2, 0.25) is 0 Å². The maximum absolute atomic E-state index is 12.5. The second-order valence-electron chi connectivity index (χ2n) is 5.23. The number of aromatic carboxylic acids is 1. The van der Waals surface area contributed by atoms with Crippen LogP contribution in [0.15, 0.2) is 59.5 Å². The summed E-state index contributed by atoms with van der Waals surface area (Å²) in [4.78, 5) is 35.8. The Morgan fingerprint density at radius 2 is 1.69 bits per heavy atom. The van der Waals surface area contributed by atoms with Gasteiger partial charge in [-0.25, -0.2) is 0 Å². The highest BCUT2D eigenvalue weighted by Crippen LogP contribution is 2.31. The Morgan fingerprint density at radius 1 is 1.04 bits per heavy atom. The Balaban J connectivity index is 1.76. The lowest BCUT2D eigenvalue weighted by atomic mass is 10.1. The van der Waals surface area contributed by atoms with Crippen molar-refractivity contribution in [2.45, 2.75) is 0 Å². The molecule has 0 aliphatic carbocycles. The molecule has 8 heteroatoms. The Bertz CT molecular complexity index is 924. The van der Waals surface area contributed by atoms with Crippen LogP contribution in [-0.4, -0.2) is 27.1 Å². The van der Waals surface area contributed by atoms with Gasteiger partial charge in [0.1, 0.15) is 0 Å².